The van der Waals surface area contributed by atoms with Crippen LogP contribution in [0.15, 0.2) is 53.6 Å². The fourth-order valence-corrected chi connectivity index (χ4v) is 4.53. The van der Waals surface area contributed by atoms with Crippen LogP contribution in [0, 0.1) is 0 Å². The lowest BCUT2D eigenvalue weighted by atomic mass is 9.96. The summed E-state index contributed by atoms with van der Waals surface area (Å²) >= 11 is 0. The Hall–Kier alpha value is -3.61. The number of hydrogen-bond acceptors (Lipinski definition) is 5. The second-order valence-electron chi connectivity index (χ2n) is 8.05. The van der Waals surface area contributed by atoms with E-state index in [4.69, 9.17) is 10.2 Å². The summed E-state index contributed by atoms with van der Waals surface area (Å²) in [5.41, 5.74) is 11.6. The number of nitrogens with one attached hydrogen (secondary N) is 1. The quantitative estimate of drug-likeness (QED) is 0.428. The summed E-state index contributed by atoms with van der Waals surface area (Å²) in [4.78, 5) is 11.8. The van der Waals surface area contributed by atoms with E-state index in [-0.39, 0.29) is 0 Å². The molecule has 4 aromatic heterocycles. The van der Waals surface area contributed by atoms with Gasteiger partial charge in [0.1, 0.15) is 5.76 Å². The molecule has 0 atom stereocenters. The predicted molar refractivity (Wildman–Crippen MR) is 117 cm³/mol. The molecule has 1 saturated carbocycles. The number of rotatable bonds is 3. The highest BCUT2D eigenvalue weighted by molar-refractivity contribution is 6.00. The minimum absolute atomic E-state index is 0.391. The number of furan rings is 1. The number of aromatic amines is 1. The first-order valence-electron chi connectivity index (χ1n) is 10.4. The number of benzene rings is 1. The lowest BCUT2D eigenvalue weighted by molar-refractivity contribution is 0.329. The molecule has 1 aliphatic carbocycles. The summed E-state index contributed by atoms with van der Waals surface area (Å²) in [6, 6.07) is 8.55. The van der Waals surface area contributed by atoms with Crippen LogP contribution in [-0.2, 0) is 0 Å². The van der Waals surface area contributed by atoms with Crippen molar-refractivity contribution in [2.75, 3.05) is 5.73 Å². The topological polar surface area (TPSA) is 98.5 Å². The molecule has 1 fully saturated rings. The van der Waals surface area contributed by atoms with E-state index in [1.165, 1.54) is 32.1 Å². The maximum Gasteiger partial charge on any atom is 0.177 e. The molecule has 30 heavy (non-hydrogen) atoms. The van der Waals surface area contributed by atoms with Gasteiger partial charge in [-0.25, -0.2) is 9.97 Å². The molecule has 1 aromatic carbocycles. The number of aromatic nitrogens is 5. The zero-order valence-electron chi connectivity index (χ0n) is 16.5. The van der Waals surface area contributed by atoms with Crippen LogP contribution in [0.5, 0.6) is 0 Å². The first-order valence-corrected chi connectivity index (χ1v) is 10.4. The van der Waals surface area contributed by atoms with Crippen molar-refractivity contribution in [1.82, 2.24) is 24.7 Å². The number of nitrogens with two attached hydrogens (primary N) is 1. The van der Waals surface area contributed by atoms with Crippen molar-refractivity contribution in [3.63, 3.8) is 0 Å². The smallest absolute Gasteiger partial charge is 0.177 e. The van der Waals surface area contributed by atoms with Crippen LogP contribution in [0.25, 0.3) is 44.5 Å². The Balaban J connectivity index is 1.44. The minimum Gasteiger partial charge on any atom is -0.452 e. The van der Waals surface area contributed by atoms with Gasteiger partial charge in [0.05, 0.1) is 29.6 Å². The molecule has 3 N–H and O–H groups in total. The monoisotopic (exact) mass is 398 g/mol. The van der Waals surface area contributed by atoms with Crippen molar-refractivity contribution in [3.8, 4) is 22.5 Å². The van der Waals surface area contributed by atoms with Crippen LogP contribution >= 0.6 is 0 Å². The van der Waals surface area contributed by atoms with Gasteiger partial charge in [-0.3, -0.25) is 4.68 Å². The van der Waals surface area contributed by atoms with E-state index < -0.39 is 0 Å². The van der Waals surface area contributed by atoms with Crippen LogP contribution in [-0.4, -0.2) is 24.7 Å². The summed E-state index contributed by atoms with van der Waals surface area (Å²) in [5, 5.41) is 5.60. The normalized spacial score (nSPS) is 15.3. The molecular weight excluding hydrogens is 376 g/mol. The van der Waals surface area contributed by atoms with Gasteiger partial charge in [-0.2, -0.15) is 5.10 Å². The zero-order chi connectivity index (χ0) is 20.1. The van der Waals surface area contributed by atoms with Crippen molar-refractivity contribution >= 4 is 27.8 Å². The first-order chi connectivity index (χ1) is 14.8. The van der Waals surface area contributed by atoms with Crippen LogP contribution in [0.3, 0.4) is 0 Å². The highest BCUT2D eigenvalue weighted by Gasteiger charge is 2.19. The second kappa shape index (κ2) is 6.73. The Morgan fingerprint density at radius 3 is 2.83 bits per heavy atom. The molecule has 6 rings (SSSR count). The van der Waals surface area contributed by atoms with Crippen molar-refractivity contribution in [2.24, 2.45) is 0 Å². The molecule has 0 aliphatic heterocycles. The Morgan fingerprint density at radius 2 is 1.93 bits per heavy atom. The summed E-state index contributed by atoms with van der Waals surface area (Å²) in [6.07, 6.45) is 13.8. The van der Waals surface area contributed by atoms with Crippen LogP contribution in [0.2, 0.25) is 0 Å². The molecule has 5 aromatic rings. The molecule has 1 aliphatic rings. The van der Waals surface area contributed by atoms with E-state index in [1.807, 2.05) is 36.7 Å². The molecule has 7 nitrogen and oxygen atoms in total. The number of nitrogens with zero attached hydrogens (tertiary/aromatic N) is 4. The van der Waals surface area contributed by atoms with Crippen LogP contribution < -0.4 is 5.73 Å². The lowest BCUT2D eigenvalue weighted by Crippen LogP contribution is -2.12. The van der Waals surface area contributed by atoms with Gasteiger partial charge in [0.15, 0.2) is 11.4 Å². The number of fused-ring (bicyclic) bond motifs is 2. The maximum atomic E-state index is 6.15. The first kappa shape index (κ1) is 17.3. The summed E-state index contributed by atoms with van der Waals surface area (Å²) in [5.74, 6) is 1.14. The standard InChI is InChI=1S/C23H22N6O/c24-23-22-17(9-21(30-22)14-6-7-19-20(8-14)27-13-26-19)18(11-25-23)15-10-28-29(12-15)16-4-2-1-3-5-16/h6-13,16H,1-5H2,(H2,24,25)(H,26,27). The second-order valence-corrected chi connectivity index (χ2v) is 8.05. The minimum atomic E-state index is 0.391. The third-order valence-electron chi connectivity index (χ3n) is 6.15. The average molecular weight is 398 g/mol. The Bertz CT molecular complexity index is 1350. The van der Waals surface area contributed by atoms with Crippen molar-refractivity contribution in [1.29, 1.82) is 0 Å². The van der Waals surface area contributed by atoms with E-state index in [0.29, 0.717) is 17.4 Å². The zero-order valence-corrected chi connectivity index (χ0v) is 16.5. The highest BCUT2D eigenvalue weighted by Crippen LogP contribution is 2.37. The maximum absolute atomic E-state index is 6.15. The van der Waals surface area contributed by atoms with Gasteiger partial charge < -0.3 is 15.1 Å². The van der Waals surface area contributed by atoms with Gasteiger partial charge in [0, 0.05) is 34.5 Å². The molecule has 0 bridgehead atoms. The third kappa shape index (κ3) is 2.77. The highest BCUT2D eigenvalue weighted by atomic mass is 16.3. The summed E-state index contributed by atoms with van der Waals surface area (Å²) in [7, 11) is 0. The van der Waals surface area contributed by atoms with Gasteiger partial charge in [-0.05, 0) is 37.1 Å². The van der Waals surface area contributed by atoms with Crippen LogP contribution in [0.4, 0.5) is 5.82 Å². The molecule has 0 unspecified atom stereocenters. The molecule has 0 saturated heterocycles. The fraction of sp³-hybridized carbons (Fsp3) is 0.261. The summed E-state index contributed by atoms with van der Waals surface area (Å²) in [6.45, 7) is 0. The SMILES string of the molecule is Nc1ncc(-c2cnn(C3CCCCC3)c2)c2cc(-c3ccc4nc[nH]c4c3)oc12. The van der Waals surface area contributed by atoms with E-state index in [1.54, 1.807) is 6.33 Å². The number of pyridine rings is 1. The van der Waals surface area contributed by atoms with Crippen molar-refractivity contribution < 1.29 is 4.42 Å². The molecular formula is C23H22N6O. The van der Waals surface area contributed by atoms with Crippen LogP contribution in [0.1, 0.15) is 38.1 Å². The Labute approximate surface area is 172 Å². The van der Waals surface area contributed by atoms with E-state index in [9.17, 15) is 0 Å². The van der Waals surface area contributed by atoms with Gasteiger partial charge in [0.2, 0.25) is 0 Å². The van der Waals surface area contributed by atoms with E-state index >= 15 is 0 Å². The largest absolute Gasteiger partial charge is 0.452 e. The lowest BCUT2D eigenvalue weighted by Gasteiger charge is -2.21. The third-order valence-corrected chi connectivity index (χ3v) is 6.15. The number of H-pyrrole nitrogens is 1. The molecule has 4 heterocycles. The number of imidazole rings is 1. The van der Waals surface area contributed by atoms with Gasteiger partial charge in [0.25, 0.3) is 0 Å². The molecule has 150 valence electrons. The molecule has 0 spiro atoms. The number of anilines is 1. The number of nitrogen functional groups attached to an aromatic ring is 1. The molecule has 0 radical (unpaired) electrons. The van der Waals surface area contributed by atoms with Gasteiger partial charge >= 0.3 is 0 Å². The fourth-order valence-electron chi connectivity index (χ4n) is 4.53. The molecule has 7 heteroatoms. The predicted octanol–water partition coefficient (Wildman–Crippen LogP) is 5.32. The van der Waals surface area contributed by atoms with Gasteiger partial charge in [-0.15, -0.1) is 0 Å². The number of hydrogen-bond donors (Lipinski definition) is 2. The van der Waals surface area contributed by atoms with Gasteiger partial charge in [-0.1, -0.05) is 19.3 Å². The van der Waals surface area contributed by atoms with E-state index in [2.05, 4.69) is 30.9 Å². The Kier molecular flexibility index (Phi) is 3.87. The Morgan fingerprint density at radius 1 is 1.03 bits per heavy atom. The summed E-state index contributed by atoms with van der Waals surface area (Å²) < 4.78 is 8.26. The van der Waals surface area contributed by atoms with E-state index in [0.717, 1.165) is 38.9 Å². The average Bonchev–Trinajstić information content (AvgIpc) is 3.53. The molecule has 0 amide bonds. The van der Waals surface area contributed by atoms with Crippen molar-refractivity contribution in [2.45, 2.75) is 38.1 Å². The van der Waals surface area contributed by atoms with Crippen molar-refractivity contribution in [3.05, 3.63) is 49.2 Å².